The number of rotatable bonds is 5. The minimum absolute atomic E-state index is 0.0999. The number of benzene rings is 2. The van der Waals surface area contributed by atoms with Gasteiger partial charge in [-0.15, -0.1) is 0 Å². The molecule has 0 N–H and O–H groups in total. The fourth-order valence-corrected chi connectivity index (χ4v) is 2.63. The van der Waals surface area contributed by atoms with Gasteiger partial charge in [0.05, 0.1) is 12.8 Å². The summed E-state index contributed by atoms with van der Waals surface area (Å²) in [6.45, 7) is 0.0999. The Morgan fingerprint density at radius 2 is 1.74 bits per heavy atom. The van der Waals surface area contributed by atoms with Crippen LogP contribution < -0.4 is 10.3 Å². The van der Waals surface area contributed by atoms with Gasteiger partial charge < -0.3 is 9.26 Å². The first-order chi connectivity index (χ1) is 13.2. The van der Waals surface area contributed by atoms with Gasteiger partial charge in [-0.3, -0.25) is 4.79 Å². The van der Waals surface area contributed by atoms with Crippen LogP contribution in [0.25, 0.3) is 22.6 Å². The second kappa shape index (κ2) is 7.25. The van der Waals surface area contributed by atoms with Crippen LogP contribution in [0.15, 0.2) is 76.0 Å². The van der Waals surface area contributed by atoms with Crippen LogP contribution in [0.3, 0.4) is 0 Å². The average molecular weight is 360 g/mol. The molecule has 134 valence electrons. The van der Waals surface area contributed by atoms with Crippen molar-refractivity contribution in [1.82, 2.24) is 19.9 Å². The number of aromatic nitrogens is 4. The molecule has 0 bridgehead atoms. The number of methoxy groups -OCH3 is 1. The lowest BCUT2D eigenvalue weighted by Gasteiger charge is -2.04. The lowest BCUT2D eigenvalue weighted by molar-refractivity contribution is 0.363. The molecule has 0 saturated heterocycles. The highest BCUT2D eigenvalue weighted by molar-refractivity contribution is 5.58. The van der Waals surface area contributed by atoms with Gasteiger partial charge in [0.1, 0.15) is 12.3 Å². The third-order valence-corrected chi connectivity index (χ3v) is 4.04. The molecule has 0 fully saturated rings. The van der Waals surface area contributed by atoms with Gasteiger partial charge >= 0.3 is 0 Å². The SMILES string of the molecule is COc1ccc(-c2noc(Cn3nc(-c4ccccc4)ccc3=O)n2)cc1. The molecule has 4 rings (SSSR count). The third kappa shape index (κ3) is 3.62. The minimum atomic E-state index is -0.237. The predicted molar refractivity (Wildman–Crippen MR) is 99.3 cm³/mol. The summed E-state index contributed by atoms with van der Waals surface area (Å²) in [5.41, 5.74) is 2.18. The number of hydrogen-bond acceptors (Lipinski definition) is 6. The highest BCUT2D eigenvalue weighted by Crippen LogP contribution is 2.20. The summed E-state index contributed by atoms with van der Waals surface area (Å²) in [5, 5.41) is 8.38. The molecule has 0 aliphatic rings. The monoisotopic (exact) mass is 360 g/mol. The number of ether oxygens (including phenoxy) is 1. The average Bonchev–Trinajstić information content (AvgIpc) is 3.19. The number of nitrogens with zero attached hydrogens (tertiary/aromatic N) is 4. The van der Waals surface area contributed by atoms with Crippen LogP contribution in [0.4, 0.5) is 0 Å². The molecular formula is C20H16N4O3. The van der Waals surface area contributed by atoms with Crippen molar-refractivity contribution in [2.75, 3.05) is 7.11 Å². The van der Waals surface area contributed by atoms with Crippen molar-refractivity contribution < 1.29 is 9.26 Å². The van der Waals surface area contributed by atoms with Crippen LogP contribution in [0, 0.1) is 0 Å². The van der Waals surface area contributed by atoms with Crippen LogP contribution in [0.5, 0.6) is 5.75 Å². The normalized spacial score (nSPS) is 10.7. The summed E-state index contributed by atoms with van der Waals surface area (Å²) in [6.07, 6.45) is 0. The fourth-order valence-electron chi connectivity index (χ4n) is 2.63. The topological polar surface area (TPSA) is 83.0 Å². The largest absolute Gasteiger partial charge is 0.497 e. The molecule has 0 amide bonds. The zero-order valence-corrected chi connectivity index (χ0v) is 14.6. The summed E-state index contributed by atoms with van der Waals surface area (Å²) in [7, 11) is 1.61. The summed E-state index contributed by atoms with van der Waals surface area (Å²) in [4.78, 5) is 16.5. The van der Waals surface area contributed by atoms with E-state index in [0.29, 0.717) is 17.4 Å². The molecule has 0 aliphatic heterocycles. The van der Waals surface area contributed by atoms with Gasteiger partial charge in [0.25, 0.3) is 5.56 Å². The van der Waals surface area contributed by atoms with Crippen molar-refractivity contribution in [3.63, 3.8) is 0 Å². The van der Waals surface area contributed by atoms with Gasteiger partial charge in [-0.05, 0) is 30.3 Å². The van der Waals surface area contributed by atoms with E-state index in [1.54, 1.807) is 13.2 Å². The molecule has 0 saturated carbocycles. The summed E-state index contributed by atoms with van der Waals surface area (Å²) in [5.74, 6) is 1.50. The van der Waals surface area contributed by atoms with Crippen molar-refractivity contribution >= 4 is 0 Å². The fraction of sp³-hybridized carbons (Fsp3) is 0.100. The zero-order chi connectivity index (χ0) is 18.6. The highest BCUT2D eigenvalue weighted by Gasteiger charge is 2.11. The van der Waals surface area contributed by atoms with Gasteiger partial charge in [-0.2, -0.15) is 10.1 Å². The van der Waals surface area contributed by atoms with E-state index in [1.165, 1.54) is 10.7 Å². The van der Waals surface area contributed by atoms with Crippen molar-refractivity contribution in [3.05, 3.63) is 83.0 Å². The first kappa shape index (κ1) is 16.7. The van der Waals surface area contributed by atoms with Crippen molar-refractivity contribution in [1.29, 1.82) is 0 Å². The lowest BCUT2D eigenvalue weighted by Crippen LogP contribution is -2.23. The lowest BCUT2D eigenvalue weighted by atomic mass is 10.1. The van der Waals surface area contributed by atoms with E-state index in [-0.39, 0.29) is 12.1 Å². The number of hydrogen-bond donors (Lipinski definition) is 0. The van der Waals surface area contributed by atoms with Gasteiger partial charge in [0.2, 0.25) is 11.7 Å². The molecule has 7 nitrogen and oxygen atoms in total. The van der Waals surface area contributed by atoms with E-state index in [1.807, 2.05) is 54.6 Å². The first-order valence-electron chi connectivity index (χ1n) is 8.33. The standard InChI is InChI=1S/C20H16N4O3/c1-26-16-9-7-15(8-10-16)20-21-18(27-23-20)13-24-19(25)12-11-17(22-24)14-5-3-2-4-6-14/h2-12H,13H2,1H3. The Balaban J connectivity index is 1.59. The first-order valence-corrected chi connectivity index (χ1v) is 8.33. The molecule has 2 heterocycles. The molecule has 2 aromatic carbocycles. The van der Waals surface area contributed by atoms with E-state index >= 15 is 0 Å². The molecule has 0 radical (unpaired) electrons. The Morgan fingerprint density at radius 1 is 0.963 bits per heavy atom. The Kier molecular flexibility index (Phi) is 4.49. The second-order valence-corrected chi connectivity index (χ2v) is 5.82. The minimum Gasteiger partial charge on any atom is -0.497 e. The third-order valence-electron chi connectivity index (χ3n) is 4.04. The Labute approximate surface area is 154 Å². The maximum Gasteiger partial charge on any atom is 0.267 e. The molecule has 0 aliphatic carbocycles. The summed E-state index contributed by atoms with van der Waals surface area (Å²) in [6, 6.07) is 20.2. The summed E-state index contributed by atoms with van der Waals surface area (Å²) >= 11 is 0. The molecule has 0 unspecified atom stereocenters. The zero-order valence-electron chi connectivity index (χ0n) is 14.6. The maximum absolute atomic E-state index is 12.2. The van der Waals surface area contributed by atoms with Crippen molar-refractivity contribution in [2.24, 2.45) is 0 Å². The van der Waals surface area contributed by atoms with E-state index in [4.69, 9.17) is 9.26 Å². The van der Waals surface area contributed by atoms with Gasteiger partial charge in [0.15, 0.2) is 0 Å². The summed E-state index contributed by atoms with van der Waals surface area (Å²) < 4.78 is 11.7. The Hall–Kier alpha value is -3.74. The van der Waals surface area contributed by atoms with E-state index < -0.39 is 0 Å². The van der Waals surface area contributed by atoms with Crippen LogP contribution >= 0.6 is 0 Å². The van der Waals surface area contributed by atoms with E-state index in [9.17, 15) is 4.79 Å². The quantitative estimate of drug-likeness (QED) is 0.544. The Bertz CT molecular complexity index is 1100. The van der Waals surface area contributed by atoms with Crippen LogP contribution in [-0.4, -0.2) is 27.0 Å². The van der Waals surface area contributed by atoms with Crippen molar-refractivity contribution in [2.45, 2.75) is 6.54 Å². The van der Waals surface area contributed by atoms with E-state index in [0.717, 1.165) is 16.9 Å². The Morgan fingerprint density at radius 3 is 2.48 bits per heavy atom. The second-order valence-electron chi connectivity index (χ2n) is 5.82. The van der Waals surface area contributed by atoms with E-state index in [2.05, 4.69) is 15.2 Å². The van der Waals surface area contributed by atoms with Gasteiger partial charge in [0, 0.05) is 17.2 Å². The molecule has 2 aromatic heterocycles. The van der Waals surface area contributed by atoms with Gasteiger partial charge in [-0.1, -0.05) is 35.5 Å². The highest BCUT2D eigenvalue weighted by atomic mass is 16.5. The van der Waals surface area contributed by atoms with Crippen LogP contribution in [0.1, 0.15) is 5.89 Å². The molecule has 27 heavy (non-hydrogen) atoms. The molecule has 0 spiro atoms. The predicted octanol–water partition coefficient (Wildman–Crippen LogP) is 3.02. The molecule has 7 heteroatoms. The van der Waals surface area contributed by atoms with Crippen molar-refractivity contribution in [3.8, 4) is 28.4 Å². The molecule has 0 atom stereocenters. The smallest absolute Gasteiger partial charge is 0.267 e. The molecular weight excluding hydrogens is 344 g/mol. The van der Waals surface area contributed by atoms with Gasteiger partial charge in [-0.25, -0.2) is 4.68 Å². The maximum atomic E-state index is 12.2. The van der Waals surface area contributed by atoms with Crippen LogP contribution in [-0.2, 0) is 6.54 Å². The van der Waals surface area contributed by atoms with Crippen LogP contribution in [0.2, 0.25) is 0 Å². The molecule has 4 aromatic rings.